The molecule has 4 fully saturated rings. The van der Waals surface area contributed by atoms with E-state index in [-0.39, 0.29) is 11.5 Å². The van der Waals surface area contributed by atoms with Crippen LogP contribution in [0.3, 0.4) is 0 Å². The van der Waals surface area contributed by atoms with Gasteiger partial charge in [0.15, 0.2) is 0 Å². The van der Waals surface area contributed by atoms with Crippen LogP contribution in [0.4, 0.5) is 0 Å². The van der Waals surface area contributed by atoms with Crippen LogP contribution in [-0.2, 0) is 6.54 Å². The van der Waals surface area contributed by atoms with Crippen molar-refractivity contribution in [1.29, 1.82) is 0 Å². The first-order valence-electron chi connectivity index (χ1n) is 15.8. The Bertz CT molecular complexity index is 1090. The van der Waals surface area contributed by atoms with Crippen molar-refractivity contribution in [3.63, 3.8) is 0 Å². The number of hydrogen-bond donors (Lipinski definition) is 2. The SMILES string of the molecule is CCCCCCCC(CCOc1ccc(C(=O)NCc2ccc(C(=O)O)cc2)cc1)C12CC3CC(CC(C3)C1)C2. The fraction of sp³-hybridized carbons (Fsp3) is 0.600. The molecule has 5 heteroatoms. The highest BCUT2D eigenvalue weighted by atomic mass is 16.5. The van der Waals surface area contributed by atoms with E-state index in [0.29, 0.717) is 17.5 Å². The van der Waals surface area contributed by atoms with Crippen LogP contribution in [0.25, 0.3) is 0 Å². The predicted molar refractivity (Wildman–Crippen MR) is 159 cm³/mol. The topological polar surface area (TPSA) is 75.6 Å². The van der Waals surface area contributed by atoms with E-state index in [4.69, 9.17) is 9.84 Å². The molecule has 0 radical (unpaired) electrons. The van der Waals surface area contributed by atoms with Crippen LogP contribution in [0.15, 0.2) is 48.5 Å². The molecule has 0 aliphatic heterocycles. The molecule has 0 spiro atoms. The van der Waals surface area contributed by atoms with Crippen LogP contribution in [0.5, 0.6) is 5.75 Å². The Morgan fingerprint density at radius 3 is 2.05 bits per heavy atom. The highest BCUT2D eigenvalue weighted by Gasteiger charge is 2.53. The number of aromatic carboxylic acids is 1. The Labute approximate surface area is 240 Å². The van der Waals surface area contributed by atoms with Gasteiger partial charge in [-0.3, -0.25) is 4.79 Å². The number of carbonyl (C=O) groups excluding carboxylic acids is 1. The maximum atomic E-state index is 12.6. The number of unbranched alkanes of at least 4 members (excludes halogenated alkanes) is 4. The average molecular weight is 546 g/mol. The number of carboxylic acid groups (broad SMARTS) is 1. The zero-order valence-corrected chi connectivity index (χ0v) is 24.2. The van der Waals surface area contributed by atoms with Gasteiger partial charge in [-0.1, -0.05) is 51.2 Å². The van der Waals surface area contributed by atoms with Gasteiger partial charge in [0, 0.05) is 12.1 Å². The van der Waals surface area contributed by atoms with E-state index >= 15 is 0 Å². The average Bonchev–Trinajstić information content (AvgIpc) is 2.94. The minimum absolute atomic E-state index is 0.154. The summed E-state index contributed by atoms with van der Waals surface area (Å²) >= 11 is 0. The van der Waals surface area contributed by atoms with E-state index in [1.54, 1.807) is 24.3 Å². The van der Waals surface area contributed by atoms with Crippen molar-refractivity contribution in [2.75, 3.05) is 6.61 Å². The number of carboxylic acids is 1. The van der Waals surface area contributed by atoms with E-state index in [2.05, 4.69) is 12.2 Å². The van der Waals surface area contributed by atoms with E-state index in [9.17, 15) is 9.59 Å². The summed E-state index contributed by atoms with van der Waals surface area (Å²) in [7, 11) is 0. The molecular weight excluding hydrogens is 498 g/mol. The minimum atomic E-state index is -0.955. The lowest BCUT2D eigenvalue weighted by molar-refractivity contribution is -0.0933. The zero-order valence-electron chi connectivity index (χ0n) is 24.2. The number of amides is 1. The van der Waals surface area contributed by atoms with Crippen LogP contribution in [0.1, 0.15) is 117 Å². The van der Waals surface area contributed by atoms with Gasteiger partial charge in [-0.15, -0.1) is 0 Å². The Morgan fingerprint density at radius 2 is 1.45 bits per heavy atom. The Morgan fingerprint density at radius 1 is 0.850 bits per heavy atom. The highest BCUT2D eigenvalue weighted by molar-refractivity contribution is 5.94. The summed E-state index contributed by atoms with van der Waals surface area (Å²) in [6, 6.07) is 14.0. The summed E-state index contributed by atoms with van der Waals surface area (Å²) in [6.07, 6.45) is 18.1. The second-order valence-electron chi connectivity index (χ2n) is 13.0. The van der Waals surface area contributed by atoms with Gasteiger partial charge in [-0.25, -0.2) is 4.79 Å². The fourth-order valence-electron chi connectivity index (χ4n) is 8.50. The number of nitrogens with one attached hydrogen (secondary N) is 1. The van der Waals surface area contributed by atoms with Crippen molar-refractivity contribution in [2.45, 2.75) is 96.9 Å². The smallest absolute Gasteiger partial charge is 0.335 e. The van der Waals surface area contributed by atoms with Gasteiger partial charge < -0.3 is 15.2 Å². The third-order valence-electron chi connectivity index (χ3n) is 10.1. The molecule has 0 heterocycles. The second kappa shape index (κ2) is 13.2. The molecule has 40 heavy (non-hydrogen) atoms. The molecular formula is C35H47NO4. The Kier molecular flexibility index (Phi) is 9.49. The van der Waals surface area contributed by atoms with Crippen molar-refractivity contribution in [2.24, 2.45) is 29.1 Å². The standard InChI is InChI=1S/C35H47NO4/c1-2-3-4-5-6-7-31(35-21-26-18-27(22-35)20-28(19-26)23-35)16-17-40-32-14-12-29(13-15-32)33(37)36-24-25-8-10-30(11-9-25)34(38)39/h8-15,26-28,31H,2-7,16-24H2,1H3,(H,36,37)(H,38,39). The molecule has 0 aromatic heterocycles. The summed E-state index contributed by atoms with van der Waals surface area (Å²) < 4.78 is 6.26. The molecule has 4 aliphatic rings. The molecule has 0 saturated heterocycles. The minimum Gasteiger partial charge on any atom is -0.494 e. The Hall–Kier alpha value is -2.82. The molecule has 4 bridgehead atoms. The first kappa shape index (κ1) is 28.7. The third-order valence-corrected chi connectivity index (χ3v) is 10.1. The van der Waals surface area contributed by atoms with E-state index < -0.39 is 5.97 Å². The van der Waals surface area contributed by atoms with E-state index in [0.717, 1.165) is 48.0 Å². The number of rotatable bonds is 15. The van der Waals surface area contributed by atoms with Crippen molar-refractivity contribution in [3.05, 3.63) is 65.2 Å². The number of ether oxygens (including phenoxy) is 1. The second-order valence-corrected chi connectivity index (χ2v) is 13.0. The number of benzene rings is 2. The molecule has 4 aliphatic carbocycles. The van der Waals surface area contributed by atoms with E-state index in [1.165, 1.54) is 77.0 Å². The zero-order chi connectivity index (χ0) is 28.0. The van der Waals surface area contributed by atoms with Crippen molar-refractivity contribution < 1.29 is 19.4 Å². The van der Waals surface area contributed by atoms with Crippen LogP contribution in [0, 0.1) is 29.1 Å². The highest BCUT2D eigenvalue weighted by Crippen LogP contribution is 2.63. The lowest BCUT2D eigenvalue weighted by atomic mass is 9.46. The maximum Gasteiger partial charge on any atom is 0.335 e. The van der Waals surface area contributed by atoms with Gasteiger partial charge in [-0.2, -0.15) is 0 Å². The molecule has 2 N–H and O–H groups in total. The number of hydrogen-bond acceptors (Lipinski definition) is 3. The molecule has 5 nitrogen and oxygen atoms in total. The molecule has 4 saturated carbocycles. The predicted octanol–water partition coefficient (Wildman–Crippen LogP) is 8.28. The third kappa shape index (κ3) is 7.08. The van der Waals surface area contributed by atoms with Gasteiger partial charge in [0.25, 0.3) is 5.91 Å². The summed E-state index contributed by atoms with van der Waals surface area (Å²) in [6.45, 7) is 3.39. The molecule has 1 amide bonds. The number of carbonyl (C=O) groups is 2. The largest absolute Gasteiger partial charge is 0.494 e. The normalized spacial score (nSPS) is 25.5. The monoisotopic (exact) mass is 545 g/mol. The summed E-state index contributed by atoms with van der Waals surface area (Å²) in [4.78, 5) is 23.6. The van der Waals surface area contributed by atoms with Crippen LogP contribution < -0.4 is 10.1 Å². The van der Waals surface area contributed by atoms with Gasteiger partial charge in [0.2, 0.25) is 0 Å². The first-order valence-corrected chi connectivity index (χ1v) is 15.8. The van der Waals surface area contributed by atoms with Gasteiger partial charge >= 0.3 is 5.97 Å². The fourth-order valence-corrected chi connectivity index (χ4v) is 8.50. The first-order chi connectivity index (χ1) is 19.4. The molecule has 216 valence electrons. The molecule has 1 atom stereocenters. The van der Waals surface area contributed by atoms with Crippen LogP contribution in [-0.4, -0.2) is 23.6 Å². The van der Waals surface area contributed by atoms with E-state index in [1.807, 2.05) is 24.3 Å². The van der Waals surface area contributed by atoms with Crippen LogP contribution >= 0.6 is 0 Å². The summed E-state index contributed by atoms with van der Waals surface area (Å²) in [5.74, 6) is 3.44. The molecule has 1 unspecified atom stereocenters. The van der Waals surface area contributed by atoms with Crippen molar-refractivity contribution in [1.82, 2.24) is 5.32 Å². The lowest BCUT2D eigenvalue weighted by Gasteiger charge is -2.60. The molecule has 2 aromatic carbocycles. The van der Waals surface area contributed by atoms with Crippen LogP contribution in [0.2, 0.25) is 0 Å². The summed E-state index contributed by atoms with van der Waals surface area (Å²) in [5.41, 5.74) is 2.26. The van der Waals surface area contributed by atoms with Gasteiger partial charge in [0.1, 0.15) is 5.75 Å². The quantitative estimate of drug-likeness (QED) is 0.221. The van der Waals surface area contributed by atoms with Gasteiger partial charge in [-0.05, 0) is 122 Å². The van der Waals surface area contributed by atoms with Crippen molar-refractivity contribution >= 4 is 11.9 Å². The maximum absolute atomic E-state index is 12.6. The summed E-state index contributed by atoms with van der Waals surface area (Å²) in [5, 5.41) is 11.9. The van der Waals surface area contributed by atoms with Gasteiger partial charge in [0.05, 0.1) is 12.2 Å². The van der Waals surface area contributed by atoms with Crippen molar-refractivity contribution in [3.8, 4) is 5.75 Å². The lowest BCUT2D eigenvalue weighted by Crippen LogP contribution is -2.49. The Balaban J connectivity index is 1.12. The molecule has 2 aromatic rings. The molecule has 6 rings (SSSR count).